The number of halogens is 1. The molecule has 4 N–H and O–H groups in total. The Balaban J connectivity index is 1.10. The molecule has 0 atom stereocenters. The van der Waals surface area contributed by atoms with Crippen LogP contribution in [0.15, 0.2) is 61.1 Å². The number of carbonyl (C=O) groups is 2. The van der Waals surface area contributed by atoms with Gasteiger partial charge in [-0.05, 0) is 56.1 Å². The molecule has 0 aliphatic heterocycles. The van der Waals surface area contributed by atoms with Crippen molar-refractivity contribution in [3.63, 3.8) is 0 Å². The van der Waals surface area contributed by atoms with E-state index < -0.39 is 11.7 Å². The molecule has 2 saturated carbocycles. The van der Waals surface area contributed by atoms with Crippen molar-refractivity contribution in [1.82, 2.24) is 24.9 Å². The molecule has 41 heavy (non-hydrogen) atoms. The Labute approximate surface area is 237 Å². The van der Waals surface area contributed by atoms with Gasteiger partial charge in [-0.15, -0.1) is 5.10 Å². The molecule has 4 aromatic rings. The average molecular weight is 557 g/mol. The minimum atomic E-state index is -0.620. The summed E-state index contributed by atoms with van der Waals surface area (Å²) < 4.78 is 15.6. The number of fused-ring (bicyclic) bond motifs is 1. The third-order valence-corrected chi connectivity index (χ3v) is 7.66. The van der Waals surface area contributed by atoms with E-state index in [1.54, 1.807) is 0 Å². The van der Waals surface area contributed by atoms with Gasteiger partial charge in [0.25, 0.3) is 5.91 Å². The number of pyridine rings is 1. The zero-order valence-electron chi connectivity index (χ0n) is 22.6. The van der Waals surface area contributed by atoms with Crippen molar-refractivity contribution < 1.29 is 14.0 Å². The van der Waals surface area contributed by atoms with Crippen molar-refractivity contribution in [3.8, 4) is 0 Å². The first-order valence-electron chi connectivity index (χ1n) is 14.1. The number of hydrogen-bond acceptors (Lipinski definition) is 7. The van der Waals surface area contributed by atoms with Gasteiger partial charge >= 0.3 is 0 Å². The van der Waals surface area contributed by atoms with E-state index in [1.165, 1.54) is 23.0 Å². The summed E-state index contributed by atoms with van der Waals surface area (Å²) in [6, 6.07) is 13.8. The van der Waals surface area contributed by atoms with Crippen molar-refractivity contribution in [2.75, 3.05) is 16.0 Å². The predicted octanol–water partition coefficient (Wildman–Crippen LogP) is 4.77. The van der Waals surface area contributed by atoms with Crippen LogP contribution < -0.4 is 21.3 Å². The standard InChI is InChI=1S/C30H33FN8O2/c31-23-17-32-13-12-24(23)37-30(41)26-18-34-29-25(35-21-10-11-21)15-27(38-39(26)29)36-22-8-6-19(7-9-22)14-28(40)33-16-20-4-2-1-3-5-20/h1-5,12-13,15,17-19,21-22,35H,6-11,14,16H2,(H,33,40)(H,36,38)(H,32,37,41). The number of aromatic nitrogens is 4. The Kier molecular flexibility index (Phi) is 7.75. The lowest BCUT2D eigenvalue weighted by molar-refractivity contribution is -0.122. The summed E-state index contributed by atoms with van der Waals surface area (Å²) >= 11 is 0. The molecule has 212 valence electrons. The highest BCUT2D eigenvalue weighted by atomic mass is 19.1. The predicted molar refractivity (Wildman–Crippen MR) is 154 cm³/mol. The van der Waals surface area contributed by atoms with Crippen LogP contribution in [0.1, 0.15) is 61.0 Å². The molecule has 0 saturated heterocycles. The Morgan fingerprint density at radius 2 is 1.68 bits per heavy atom. The van der Waals surface area contributed by atoms with E-state index in [9.17, 15) is 14.0 Å². The van der Waals surface area contributed by atoms with Crippen molar-refractivity contribution in [3.05, 3.63) is 78.1 Å². The number of carbonyl (C=O) groups excluding carboxylic acids is 2. The molecule has 3 aromatic heterocycles. The average Bonchev–Trinajstić information content (AvgIpc) is 3.69. The van der Waals surface area contributed by atoms with Crippen molar-refractivity contribution in [2.24, 2.45) is 5.92 Å². The molecule has 0 unspecified atom stereocenters. The van der Waals surface area contributed by atoms with E-state index in [0.717, 1.165) is 56.0 Å². The highest BCUT2D eigenvalue weighted by molar-refractivity contribution is 6.03. The summed E-state index contributed by atoms with van der Waals surface area (Å²) in [6.45, 7) is 0.549. The SMILES string of the molecule is O=C(CC1CCC(Nc2cc(NC3CC3)c3ncc(C(=O)Nc4ccncc4F)n3n2)CC1)NCc1ccccc1. The van der Waals surface area contributed by atoms with Crippen molar-refractivity contribution in [2.45, 2.75) is 63.6 Å². The lowest BCUT2D eigenvalue weighted by atomic mass is 9.84. The van der Waals surface area contributed by atoms with E-state index in [0.29, 0.717) is 36.4 Å². The van der Waals surface area contributed by atoms with Crippen LogP contribution in [0, 0.1) is 11.7 Å². The highest BCUT2D eigenvalue weighted by Crippen LogP contribution is 2.31. The first-order chi connectivity index (χ1) is 20.0. The maximum absolute atomic E-state index is 14.1. The third kappa shape index (κ3) is 6.62. The van der Waals surface area contributed by atoms with Gasteiger partial charge < -0.3 is 21.3 Å². The van der Waals surface area contributed by atoms with Gasteiger partial charge in [0.1, 0.15) is 5.82 Å². The number of nitrogens with one attached hydrogen (secondary N) is 4. The zero-order valence-corrected chi connectivity index (χ0v) is 22.6. The molecule has 2 aliphatic carbocycles. The number of rotatable bonds is 10. The maximum Gasteiger partial charge on any atom is 0.276 e. The van der Waals surface area contributed by atoms with Gasteiger partial charge in [-0.3, -0.25) is 14.6 Å². The van der Waals surface area contributed by atoms with Gasteiger partial charge in [-0.25, -0.2) is 13.9 Å². The summed E-state index contributed by atoms with van der Waals surface area (Å²) in [6.07, 6.45) is 10.3. The number of benzene rings is 1. The summed E-state index contributed by atoms with van der Waals surface area (Å²) in [5.41, 5.74) is 2.66. The van der Waals surface area contributed by atoms with Crippen LogP contribution in [0.25, 0.3) is 5.65 Å². The molecule has 10 nitrogen and oxygen atoms in total. The number of hydrogen-bond donors (Lipinski definition) is 4. The zero-order chi connectivity index (χ0) is 28.2. The van der Waals surface area contributed by atoms with Crippen LogP contribution in [0.2, 0.25) is 0 Å². The Morgan fingerprint density at radius 3 is 2.44 bits per heavy atom. The molecule has 11 heteroatoms. The Hall–Kier alpha value is -4.54. The first-order valence-corrected chi connectivity index (χ1v) is 14.1. The topological polar surface area (TPSA) is 125 Å². The molecule has 0 spiro atoms. The minimum absolute atomic E-state index is 0.0380. The fourth-order valence-corrected chi connectivity index (χ4v) is 5.26. The second-order valence-corrected chi connectivity index (χ2v) is 10.9. The summed E-state index contributed by atoms with van der Waals surface area (Å²) in [7, 11) is 0. The molecule has 1 aromatic carbocycles. The van der Waals surface area contributed by atoms with Crippen LogP contribution >= 0.6 is 0 Å². The van der Waals surface area contributed by atoms with E-state index in [-0.39, 0.29) is 23.3 Å². The van der Waals surface area contributed by atoms with Crippen LogP contribution in [-0.2, 0) is 11.3 Å². The molecular weight excluding hydrogens is 523 g/mol. The van der Waals surface area contributed by atoms with Gasteiger partial charge in [0.05, 0.1) is 23.8 Å². The fraction of sp³-hybridized carbons (Fsp3) is 0.367. The quantitative estimate of drug-likeness (QED) is 0.222. The Bertz CT molecular complexity index is 1530. The number of imidazole rings is 1. The van der Waals surface area contributed by atoms with Gasteiger partial charge in [0, 0.05) is 37.3 Å². The third-order valence-electron chi connectivity index (χ3n) is 7.66. The lowest BCUT2D eigenvalue weighted by Gasteiger charge is -2.29. The number of amides is 2. The van der Waals surface area contributed by atoms with Crippen LogP contribution in [-0.4, -0.2) is 43.5 Å². The second-order valence-electron chi connectivity index (χ2n) is 10.9. The second kappa shape index (κ2) is 11.9. The van der Waals surface area contributed by atoms with Crippen molar-refractivity contribution >= 4 is 34.7 Å². The summed E-state index contributed by atoms with van der Waals surface area (Å²) in [5.74, 6) is -0.0671. The molecular formula is C30H33FN8O2. The number of nitrogens with zero attached hydrogens (tertiary/aromatic N) is 4. The van der Waals surface area contributed by atoms with E-state index in [2.05, 4.69) is 31.2 Å². The Morgan fingerprint density at radius 1 is 0.927 bits per heavy atom. The first kappa shape index (κ1) is 26.7. The van der Waals surface area contributed by atoms with E-state index in [1.807, 2.05) is 36.4 Å². The lowest BCUT2D eigenvalue weighted by Crippen LogP contribution is -2.30. The largest absolute Gasteiger partial charge is 0.379 e. The van der Waals surface area contributed by atoms with Gasteiger partial charge in [0.15, 0.2) is 17.2 Å². The van der Waals surface area contributed by atoms with Crippen LogP contribution in [0.3, 0.4) is 0 Å². The molecule has 2 amide bonds. The minimum Gasteiger partial charge on any atom is -0.379 e. The summed E-state index contributed by atoms with van der Waals surface area (Å²) in [5, 5.41) is 17.4. The molecule has 2 aliphatic rings. The molecule has 3 heterocycles. The fourth-order valence-electron chi connectivity index (χ4n) is 5.26. The number of anilines is 3. The van der Waals surface area contributed by atoms with E-state index >= 15 is 0 Å². The maximum atomic E-state index is 14.1. The van der Waals surface area contributed by atoms with Gasteiger partial charge in [-0.2, -0.15) is 0 Å². The van der Waals surface area contributed by atoms with Crippen LogP contribution in [0.4, 0.5) is 21.6 Å². The molecule has 0 radical (unpaired) electrons. The monoisotopic (exact) mass is 556 g/mol. The van der Waals surface area contributed by atoms with Gasteiger partial charge in [-0.1, -0.05) is 30.3 Å². The van der Waals surface area contributed by atoms with Crippen molar-refractivity contribution in [1.29, 1.82) is 0 Å². The smallest absolute Gasteiger partial charge is 0.276 e. The highest BCUT2D eigenvalue weighted by Gasteiger charge is 2.26. The molecule has 0 bridgehead atoms. The van der Waals surface area contributed by atoms with Crippen LogP contribution in [0.5, 0.6) is 0 Å². The molecule has 2 fully saturated rings. The van der Waals surface area contributed by atoms with Gasteiger partial charge in [0.2, 0.25) is 5.91 Å². The summed E-state index contributed by atoms with van der Waals surface area (Å²) in [4.78, 5) is 33.7. The normalized spacial score (nSPS) is 18.6. The molecule has 6 rings (SSSR count). The van der Waals surface area contributed by atoms with E-state index in [4.69, 9.17) is 5.10 Å².